The Hall–Kier alpha value is -2.73. The summed E-state index contributed by atoms with van der Waals surface area (Å²) in [4.78, 5) is 33.9. The van der Waals surface area contributed by atoms with Crippen molar-refractivity contribution >= 4 is 11.9 Å². The molecule has 6 nitrogen and oxygen atoms in total. The number of imide groups is 1. The van der Waals surface area contributed by atoms with Gasteiger partial charge in [0.05, 0.1) is 0 Å². The van der Waals surface area contributed by atoms with E-state index in [0.29, 0.717) is 12.1 Å². The zero-order valence-corrected chi connectivity index (χ0v) is 16.3. The van der Waals surface area contributed by atoms with Crippen LogP contribution in [0.4, 0.5) is 4.79 Å². The van der Waals surface area contributed by atoms with Gasteiger partial charge in [0.15, 0.2) is 5.54 Å². The monoisotopic (exact) mass is 366 g/mol. The topological polar surface area (TPSA) is 65.5 Å². The van der Waals surface area contributed by atoms with E-state index in [9.17, 15) is 9.59 Å². The number of rotatable bonds is 6. The molecule has 0 aliphatic carbocycles. The Labute approximate surface area is 160 Å². The first-order chi connectivity index (χ1) is 12.8. The Morgan fingerprint density at radius 1 is 1.15 bits per heavy atom. The van der Waals surface area contributed by atoms with Crippen LogP contribution >= 0.6 is 0 Å². The van der Waals surface area contributed by atoms with E-state index in [1.54, 1.807) is 18.5 Å². The van der Waals surface area contributed by atoms with Gasteiger partial charge in [-0.3, -0.25) is 14.7 Å². The largest absolute Gasteiger partial charge is 0.325 e. The summed E-state index contributed by atoms with van der Waals surface area (Å²) in [6.07, 6.45) is 3.30. The number of pyridine rings is 1. The second-order valence-electron chi connectivity index (χ2n) is 7.57. The number of carbonyl (C=O) groups is 2. The van der Waals surface area contributed by atoms with Crippen LogP contribution in [0, 0.1) is 12.8 Å². The Balaban J connectivity index is 2.03. The van der Waals surface area contributed by atoms with Gasteiger partial charge in [-0.15, -0.1) is 0 Å². The fourth-order valence-electron chi connectivity index (χ4n) is 3.68. The van der Waals surface area contributed by atoms with E-state index >= 15 is 0 Å². The molecule has 0 spiro atoms. The average molecular weight is 366 g/mol. The molecular formula is C21H26N4O2. The highest BCUT2D eigenvalue weighted by atomic mass is 16.2. The van der Waals surface area contributed by atoms with Gasteiger partial charge in [0.1, 0.15) is 0 Å². The predicted molar refractivity (Wildman–Crippen MR) is 104 cm³/mol. The van der Waals surface area contributed by atoms with Crippen molar-refractivity contribution in [3.8, 4) is 0 Å². The van der Waals surface area contributed by atoms with Crippen LogP contribution in [0.1, 0.15) is 23.6 Å². The number of amides is 3. The Kier molecular flexibility index (Phi) is 5.28. The molecule has 1 aromatic carbocycles. The normalized spacial score (nSPS) is 20.9. The van der Waals surface area contributed by atoms with Crippen molar-refractivity contribution < 1.29 is 9.59 Å². The van der Waals surface area contributed by atoms with E-state index in [2.05, 4.69) is 15.2 Å². The molecule has 6 heteroatoms. The summed E-state index contributed by atoms with van der Waals surface area (Å²) in [5, 5.41) is 2.96. The van der Waals surface area contributed by atoms with Crippen LogP contribution in [0.3, 0.4) is 0 Å². The zero-order chi connectivity index (χ0) is 19.6. The molecule has 2 aromatic rings. The minimum Gasteiger partial charge on any atom is -0.315 e. The molecule has 27 heavy (non-hydrogen) atoms. The van der Waals surface area contributed by atoms with Gasteiger partial charge in [-0.25, -0.2) is 4.79 Å². The number of aryl methyl sites for hydroxylation is 1. The second-order valence-corrected chi connectivity index (χ2v) is 7.57. The smallest absolute Gasteiger partial charge is 0.315 e. The third-order valence-electron chi connectivity index (χ3n) is 4.86. The van der Waals surface area contributed by atoms with E-state index in [0.717, 1.165) is 17.7 Å². The van der Waals surface area contributed by atoms with E-state index in [4.69, 9.17) is 0 Å². The van der Waals surface area contributed by atoms with Gasteiger partial charge in [0.25, 0.3) is 5.91 Å². The molecule has 1 saturated heterocycles. The number of hydrogen-bond acceptors (Lipinski definition) is 4. The number of aromatic nitrogens is 1. The zero-order valence-electron chi connectivity index (χ0n) is 16.3. The van der Waals surface area contributed by atoms with E-state index in [1.165, 1.54) is 4.90 Å². The molecule has 1 aliphatic rings. The third-order valence-corrected chi connectivity index (χ3v) is 4.86. The standard InChI is InChI=1S/C21H26N4O2/c1-15-7-9-17(10-8-15)21(18-6-5-11-22-12-18)19(26)25(20(27)23-21)14-16(2)13-24(3)4/h5-12,16H,13-14H2,1-4H3,(H,23,27). The molecule has 0 saturated carbocycles. The van der Waals surface area contributed by atoms with Crippen molar-refractivity contribution in [2.24, 2.45) is 5.92 Å². The molecule has 1 aliphatic heterocycles. The highest BCUT2D eigenvalue weighted by Crippen LogP contribution is 2.36. The molecule has 0 bridgehead atoms. The van der Waals surface area contributed by atoms with E-state index in [-0.39, 0.29) is 17.9 Å². The molecule has 0 radical (unpaired) electrons. The first-order valence-electron chi connectivity index (χ1n) is 9.11. The number of nitrogens with zero attached hydrogens (tertiary/aromatic N) is 3. The van der Waals surface area contributed by atoms with Crippen LogP contribution in [0.5, 0.6) is 0 Å². The van der Waals surface area contributed by atoms with Crippen molar-refractivity contribution in [2.75, 3.05) is 27.2 Å². The number of benzene rings is 1. The minimum atomic E-state index is -1.24. The highest BCUT2D eigenvalue weighted by Gasteiger charge is 2.53. The molecule has 2 heterocycles. The third kappa shape index (κ3) is 3.57. The van der Waals surface area contributed by atoms with E-state index in [1.807, 2.05) is 58.3 Å². The maximum atomic E-state index is 13.5. The molecule has 2 unspecified atom stereocenters. The van der Waals surface area contributed by atoms with Crippen molar-refractivity contribution in [3.63, 3.8) is 0 Å². The molecule has 1 fully saturated rings. The number of nitrogens with one attached hydrogen (secondary N) is 1. The van der Waals surface area contributed by atoms with Gasteiger partial charge in [0.2, 0.25) is 0 Å². The summed E-state index contributed by atoms with van der Waals surface area (Å²) < 4.78 is 0. The van der Waals surface area contributed by atoms with Crippen LogP contribution in [-0.4, -0.2) is 53.9 Å². The van der Waals surface area contributed by atoms with Gasteiger partial charge in [-0.2, -0.15) is 0 Å². The molecule has 3 rings (SSSR count). The molecule has 2 atom stereocenters. The summed E-state index contributed by atoms with van der Waals surface area (Å²) in [5.41, 5.74) is 1.25. The summed E-state index contributed by atoms with van der Waals surface area (Å²) in [7, 11) is 3.96. The summed E-state index contributed by atoms with van der Waals surface area (Å²) in [6.45, 7) is 5.19. The van der Waals surface area contributed by atoms with Gasteiger partial charge < -0.3 is 10.2 Å². The van der Waals surface area contributed by atoms with Gasteiger partial charge in [-0.05, 0) is 38.6 Å². The first-order valence-corrected chi connectivity index (χ1v) is 9.11. The average Bonchev–Trinajstić information content (AvgIpc) is 2.88. The van der Waals surface area contributed by atoms with Crippen molar-refractivity contribution in [1.82, 2.24) is 20.1 Å². The Morgan fingerprint density at radius 2 is 1.85 bits per heavy atom. The van der Waals surface area contributed by atoms with Crippen LogP contribution in [0.25, 0.3) is 0 Å². The van der Waals surface area contributed by atoms with Gasteiger partial charge in [-0.1, -0.05) is 42.8 Å². The fourth-order valence-corrected chi connectivity index (χ4v) is 3.68. The number of carbonyl (C=O) groups excluding carboxylic acids is 2. The van der Waals surface area contributed by atoms with Gasteiger partial charge >= 0.3 is 6.03 Å². The summed E-state index contributed by atoms with van der Waals surface area (Å²) in [5.74, 6) is -0.0904. The lowest BCUT2D eigenvalue weighted by Gasteiger charge is -2.28. The Morgan fingerprint density at radius 3 is 2.44 bits per heavy atom. The van der Waals surface area contributed by atoms with Crippen LogP contribution < -0.4 is 5.32 Å². The van der Waals surface area contributed by atoms with Crippen LogP contribution in [-0.2, 0) is 10.3 Å². The fraction of sp³-hybridized carbons (Fsp3) is 0.381. The first kappa shape index (κ1) is 19.0. The van der Waals surface area contributed by atoms with Crippen molar-refractivity contribution in [2.45, 2.75) is 19.4 Å². The predicted octanol–water partition coefficient (Wildman–Crippen LogP) is 2.38. The molecule has 1 aromatic heterocycles. The quantitative estimate of drug-likeness (QED) is 0.797. The van der Waals surface area contributed by atoms with Crippen LogP contribution in [0.15, 0.2) is 48.8 Å². The highest BCUT2D eigenvalue weighted by molar-refractivity contribution is 6.09. The van der Waals surface area contributed by atoms with Crippen molar-refractivity contribution in [1.29, 1.82) is 0 Å². The molecule has 142 valence electrons. The van der Waals surface area contributed by atoms with Gasteiger partial charge in [0, 0.05) is 31.0 Å². The SMILES string of the molecule is Cc1ccc(C2(c3cccnc3)NC(=O)N(CC(C)CN(C)C)C2=O)cc1. The van der Waals surface area contributed by atoms with Crippen molar-refractivity contribution in [3.05, 3.63) is 65.5 Å². The lowest BCUT2D eigenvalue weighted by molar-refractivity contribution is -0.130. The van der Waals surface area contributed by atoms with Crippen LogP contribution in [0.2, 0.25) is 0 Å². The molecular weight excluding hydrogens is 340 g/mol. The number of hydrogen-bond donors (Lipinski definition) is 1. The Bertz CT molecular complexity index is 820. The molecule has 1 N–H and O–H groups in total. The maximum Gasteiger partial charge on any atom is 0.325 e. The lowest BCUT2D eigenvalue weighted by atomic mass is 9.83. The summed E-state index contributed by atoms with van der Waals surface area (Å²) in [6, 6.07) is 10.9. The summed E-state index contributed by atoms with van der Waals surface area (Å²) >= 11 is 0. The lowest BCUT2D eigenvalue weighted by Crippen LogP contribution is -2.45. The maximum absolute atomic E-state index is 13.5. The minimum absolute atomic E-state index is 0.164. The number of urea groups is 1. The molecule has 3 amide bonds. The second kappa shape index (κ2) is 7.48. The van der Waals surface area contributed by atoms with E-state index < -0.39 is 5.54 Å².